The van der Waals surface area contributed by atoms with Crippen molar-refractivity contribution in [3.8, 4) is 0 Å². The van der Waals surface area contributed by atoms with Crippen LogP contribution in [0.15, 0.2) is 0 Å². The number of ether oxygens (including phenoxy) is 1. The van der Waals surface area contributed by atoms with Gasteiger partial charge in [0.2, 0.25) is 5.91 Å². The SMILES string of the molecule is CN(C)CC(=O)N1CCC[C@]2(C1)CN(C1CCOCC1)CC[C@H]2O.O=CO.O=CO. The first-order valence-electron chi connectivity index (χ1n) is 10.4. The molecule has 3 fully saturated rings. The molecule has 0 aromatic heterocycles. The predicted molar refractivity (Wildman–Crippen MR) is 110 cm³/mol. The third-order valence-electron chi connectivity index (χ3n) is 6.03. The van der Waals surface area contributed by atoms with Gasteiger partial charge in [0.05, 0.1) is 12.6 Å². The molecule has 3 aliphatic rings. The highest BCUT2D eigenvalue weighted by molar-refractivity contribution is 5.78. The van der Waals surface area contributed by atoms with Crippen molar-refractivity contribution < 1.29 is 34.4 Å². The summed E-state index contributed by atoms with van der Waals surface area (Å²) >= 11 is 0. The summed E-state index contributed by atoms with van der Waals surface area (Å²) < 4.78 is 5.50. The van der Waals surface area contributed by atoms with Gasteiger partial charge in [-0.15, -0.1) is 0 Å². The van der Waals surface area contributed by atoms with E-state index in [1.807, 2.05) is 23.9 Å². The Morgan fingerprint density at radius 2 is 1.70 bits per heavy atom. The second-order valence-electron chi connectivity index (χ2n) is 8.35. The van der Waals surface area contributed by atoms with E-state index in [9.17, 15) is 9.90 Å². The average molecular weight is 432 g/mol. The summed E-state index contributed by atoms with van der Waals surface area (Å²) in [7, 11) is 3.86. The molecule has 174 valence electrons. The van der Waals surface area contributed by atoms with Crippen LogP contribution in [-0.2, 0) is 19.1 Å². The number of aliphatic hydroxyl groups excluding tert-OH is 1. The predicted octanol–water partition coefficient (Wildman–Crippen LogP) is -0.196. The molecular weight excluding hydrogens is 394 g/mol. The Balaban J connectivity index is 0.000000672. The van der Waals surface area contributed by atoms with E-state index in [2.05, 4.69) is 4.90 Å². The molecule has 10 nitrogen and oxygen atoms in total. The summed E-state index contributed by atoms with van der Waals surface area (Å²) in [6, 6.07) is 0.580. The molecule has 3 saturated heterocycles. The maximum atomic E-state index is 12.5. The maximum absolute atomic E-state index is 12.5. The lowest BCUT2D eigenvalue weighted by atomic mass is 9.71. The van der Waals surface area contributed by atoms with Crippen molar-refractivity contribution in [2.75, 3.05) is 60.0 Å². The number of hydrogen-bond donors (Lipinski definition) is 3. The molecule has 3 aliphatic heterocycles. The van der Waals surface area contributed by atoms with Crippen molar-refractivity contribution in [3.63, 3.8) is 0 Å². The van der Waals surface area contributed by atoms with E-state index in [0.717, 1.165) is 65.0 Å². The summed E-state index contributed by atoms with van der Waals surface area (Å²) in [5.74, 6) is 0.189. The molecule has 30 heavy (non-hydrogen) atoms. The minimum absolute atomic E-state index is 0.142. The number of nitrogens with zero attached hydrogens (tertiary/aromatic N) is 3. The van der Waals surface area contributed by atoms with Gasteiger partial charge in [0, 0.05) is 50.8 Å². The van der Waals surface area contributed by atoms with Crippen LogP contribution >= 0.6 is 0 Å². The van der Waals surface area contributed by atoms with Gasteiger partial charge in [-0.1, -0.05) is 0 Å². The fourth-order valence-electron chi connectivity index (χ4n) is 4.69. The highest BCUT2D eigenvalue weighted by Crippen LogP contribution is 2.40. The van der Waals surface area contributed by atoms with E-state index in [1.165, 1.54) is 0 Å². The zero-order valence-corrected chi connectivity index (χ0v) is 18.1. The van der Waals surface area contributed by atoms with E-state index in [4.69, 9.17) is 24.5 Å². The lowest BCUT2D eigenvalue weighted by Gasteiger charge is -2.53. The van der Waals surface area contributed by atoms with E-state index >= 15 is 0 Å². The molecule has 0 aliphatic carbocycles. The zero-order chi connectivity index (χ0) is 22.6. The monoisotopic (exact) mass is 431 g/mol. The van der Waals surface area contributed by atoms with E-state index in [1.54, 1.807) is 0 Å². The molecule has 3 heterocycles. The number of likely N-dealkylation sites (tertiary alicyclic amines) is 2. The third-order valence-corrected chi connectivity index (χ3v) is 6.03. The van der Waals surface area contributed by atoms with E-state index in [-0.39, 0.29) is 30.4 Å². The molecule has 10 heteroatoms. The van der Waals surface area contributed by atoms with Gasteiger partial charge < -0.3 is 29.9 Å². The van der Waals surface area contributed by atoms with Crippen LogP contribution < -0.4 is 0 Å². The molecule has 3 rings (SSSR count). The Labute approximate surface area is 178 Å². The first-order chi connectivity index (χ1) is 14.3. The summed E-state index contributed by atoms with van der Waals surface area (Å²) in [4.78, 5) is 35.7. The Morgan fingerprint density at radius 1 is 1.10 bits per heavy atom. The van der Waals surface area contributed by atoms with Gasteiger partial charge in [-0.25, -0.2) is 0 Å². The van der Waals surface area contributed by atoms with Crippen molar-refractivity contribution in [3.05, 3.63) is 0 Å². The standard InChI is InChI=1S/C18H33N3O3.2CH2O2/c1-19(2)12-17(23)21-8-3-7-18(14-21)13-20(9-4-16(18)22)15-5-10-24-11-6-15;2*2-1-3/h15-16,22H,3-14H2,1-2H3;2*1H,(H,2,3)/t16-,18-;;/m1../s1. The van der Waals surface area contributed by atoms with Crippen LogP contribution in [0.5, 0.6) is 0 Å². The molecule has 0 aromatic carbocycles. The lowest BCUT2D eigenvalue weighted by molar-refractivity contribution is -0.143. The minimum Gasteiger partial charge on any atom is -0.483 e. The van der Waals surface area contributed by atoms with Gasteiger partial charge >= 0.3 is 0 Å². The lowest BCUT2D eigenvalue weighted by Crippen LogP contribution is -2.62. The number of amides is 1. The largest absolute Gasteiger partial charge is 0.483 e. The fourth-order valence-corrected chi connectivity index (χ4v) is 4.69. The minimum atomic E-state index is -0.288. The number of carboxylic acid groups (broad SMARTS) is 2. The van der Waals surface area contributed by atoms with Gasteiger partial charge in [0.15, 0.2) is 0 Å². The Bertz CT molecular complexity index is 523. The summed E-state index contributed by atoms with van der Waals surface area (Å²) in [5.41, 5.74) is -0.142. The first-order valence-corrected chi connectivity index (χ1v) is 10.4. The number of carbonyl (C=O) groups is 3. The number of aliphatic hydroxyl groups is 1. The zero-order valence-electron chi connectivity index (χ0n) is 18.1. The number of piperidine rings is 2. The van der Waals surface area contributed by atoms with E-state index < -0.39 is 0 Å². The number of rotatable bonds is 3. The molecule has 0 saturated carbocycles. The van der Waals surface area contributed by atoms with Gasteiger partial charge in [-0.05, 0) is 46.2 Å². The Hall–Kier alpha value is -1.75. The molecule has 1 amide bonds. The molecule has 1 spiro atoms. The van der Waals surface area contributed by atoms with Crippen molar-refractivity contribution in [1.82, 2.24) is 14.7 Å². The van der Waals surface area contributed by atoms with Crippen LogP contribution in [0.1, 0.15) is 32.1 Å². The van der Waals surface area contributed by atoms with Gasteiger partial charge in [-0.2, -0.15) is 0 Å². The van der Waals surface area contributed by atoms with Crippen molar-refractivity contribution in [2.24, 2.45) is 5.41 Å². The number of carbonyl (C=O) groups excluding carboxylic acids is 1. The molecule has 3 N–H and O–H groups in total. The summed E-state index contributed by atoms with van der Waals surface area (Å²) in [5, 5.41) is 24.6. The molecular formula is C20H37N3O7. The van der Waals surface area contributed by atoms with Crippen LogP contribution in [0.4, 0.5) is 0 Å². The van der Waals surface area contributed by atoms with Crippen molar-refractivity contribution in [1.29, 1.82) is 0 Å². The Morgan fingerprint density at radius 3 is 2.27 bits per heavy atom. The topological polar surface area (TPSA) is 131 Å². The normalized spacial score (nSPS) is 27.5. The Kier molecular flexibility index (Phi) is 11.9. The van der Waals surface area contributed by atoms with Crippen molar-refractivity contribution in [2.45, 2.75) is 44.2 Å². The number of likely N-dealkylation sites (N-methyl/N-ethyl adjacent to an activating group) is 1. The maximum Gasteiger partial charge on any atom is 0.290 e. The molecule has 0 aromatic rings. The average Bonchev–Trinajstić information content (AvgIpc) is 2.72. The first kappa shape index (κ1) is 26.3. The molecule has 0 bridgehead atoms. The van der Waals surface area contributed by atoms with Crippen LogP contribution in [0.2, 0.25) is 0 Å². The summed E-state index contributed by atoms with van der Waals surface area (Å²) in [6.45, 7) is 5.09. The van der Waals surface area contributed by atoms with Crippen LogP contribution in [-0.4, -0.2) is 121 Å². The van der Waals surface area contributed by atoms with Gasteiger partial charge in [-0.3, -0.25) is 19.3 Å². The smallest absolute Gasteiger partial charge is 0.290 e. The molecule has 2 atom stereocenters. The quantitative estimate of drug-likeness (QED) is 0.520. The van der Waals surface area contributed by atoms with Crippen LogP contribution in [0.25, 0.3) is 0 Å². The number of hydrogen-bond acceptors (Lipinski definition) is 7. The van der Waals surface area contributed by atoms with Gasteiger partial charge in [0.1, 0.15) is 0 Å². The molecule has 0 unspecified atom stereocenters. The van der Waals surface area contributed by atoms with Gasteiger partial charge in [0.25, 0.3) is 12.9 Å². The third kappa shape index (κ3) is 7.82. The van der Waals surface area contributed by atoms with Crippen LogP contribution in [0.3, 0.4) is 0 Å². The highest BCUT2D eigenvalue weighted by atomic mass is 16.5. The molecule has 0 radical (unpaired) electrons. The second kappa shape index (κ2) is 13.5. The van der Waals surface area contributed by atoms with Crippen molar-refractivity contribution >= 4 is 18.9 Å². The fraction of sp³-hybridized carbons (Fsp3) is 0.850. The summed E-state index contributed by atoms with van der Waals surface area (Å²) in [6.07, 6.45) is 4.75. The van der Waals surface area contributed by atoms with E-state index in [0.29, 0.717) is 19.1 Å². The highest BCUT2D eigenvalue weighted by Gasteiger charge is 2.47. The van der Waals surface area contributed by atoms with Crippen LogP contribution in [0, 0.1) is 5.41 Å². The second-order valence-corrected chi connectivity index (χ2v) is 8.35.